The zero-order chi connectivity index (χ0) is 11.6. The summed E-state index contributed by atoms with van der Waals surface area (Å²) in [5, 5.41) is 39.4. The Hall–Kier alpha value is -0.730. The summed E-state index contributed by atoms with van der Waals surface area (Å²) < 4.78 is 4.73. The van der Waals surface area contributed by atoms with Gasteiger partial charge in [0, 0.05) is 6.92 Å². The maximum Gasteiger partial charge on any atom is 0.217 e. The van der Waals surface area contributed by atoms with E-state index in [9.17, 15) is 20.1 Å². The van der Waals surface area contributed by atoms with Crippen LogP contribution in [-0.2, 0) is 9.53 Å². The monoisotopic (exact) mass is 221 g/mol. The molecule has 7 nitrogen and oxygen atoms in total. The molecule has 0 aromatic heterocycles. The van der Waals surface area contributed by atoms with Gasteiger partial charge in [0.25, 0.3) is 0 Å². The molecule has 1 rings (SSSR count). The number of hydrogen-bond donors (Lipinski definition) is 5. The van der Waals surface area contributed by atoms with Crippen LogP contribution in [0.15, 0.2) is 0 Å². The number of aliphatic hydroxyl groups excluding tert-OH is 4. The Labute approximate surface area is 86.3 Å². The summed E-state index contributed by atoms with van der Waals surface area (Å²) in [5.74, 6) is -0.455. The Morgan fingerprint density at radius 2 is 1.93 bits per heavy atom. The first kappa shape index (κ1) is 12.3. The van der Waals surface area contributed by atoms with Crippen LogP contribution in [-0.4, -0.2) is 63.6 Å². The average Bonchev–Trinajstić information content (AvgIpc) is 2.18. The van der Waals surface area contributed by atoms with Crippen LogP contribution in [0.3, 0.4) is 0 Å². The van der Waals surface area contributed by atoms with E-state index in [0.29, 0.717) is 0 Å². The quantitative estimate of drug-likeness (QED) is 0.337. The van der Waals surface area contributed by atoms with Crippen LogP contribution in [0.2, 0.25) is 0 Å². The van der Waals surface area contributed by atoms with Gasteiger partial charge in [-0.05, 0) is 0 Å². The zero-order valence-corrected chi connectivity index (χ0v) is 8.20. The molecule has 5 N–H and O–H groups in total. The maximum atomic E-state index is 10.8. The van der Waals surface area contributed by atoms with E-state index < -0.39 is 43.2 Å². The molecule has 88 valence electrons. The number of carbonyl (C=O) groups is 1. The van der Waals surface area contributed by atoms with E-state index in [1.54, 1.807) is 0 Å². The molecule has 1 aliphatic rings. The van der Waals surface area contributed by atoms with Crippen molar-refractivity contribution in [2.45, 2.75) is 37.6 Å². The predicted octanol–water partition coefficient (Wildman–Crippen LogP) is -3.08. The molecule has 0 radical (unpaired) electrons. The average molecular weight is 221 g/mol. The molecule has 0 aliphatic carbocycles. The summed E-state index contributed by atoms with van der Waals surface area (Å²) >= 11 is 0. The first-order valence-corrected chi connectivity index (χ1v) is 4.55. The van der Waals surface area contributed by atoms with Crippen molar-refractivity contribution in [2.75, 3.05) is 6.61 Å². The normalized spacial score (nSPS) is 41.3. The molecule has 1 fully saturated rings. The highest BCUT2D eigenvalue weighted by molar-refractivity contribution is 5.73. The van der Waals surface area contributed by atoms with Gasteiger partial charge in [-0.25, -0.2) is 0 Å². The second-order valence-electron chi connectivity index (χ2n) is 3.46. The third-order valence-electron chi connectivity index (χ3n) is 2.27. The SMILES string of the molecule is CC(=O)N[C@H]1[C@@H](O)[C@H](CO)O[C@@H](O)[C@H]1O. The lowest BCUT2D eigenvalue weighted by Gasteiger charge is -2.40. The Balaban J connectivity index is 2.74. The standard InChI is InChI=1S/C8H15NO6/c1-3(11)9-5-6(12)4(2-10)15-8(14)7(5)13/h4-8,10,12-14H,2H2,1H3,(H,9,11)/t4-,5-,6-,7-,8+/m0/s1. The van der Waals surface area contributed by atoms with Gasteiger partial charge in [0.2, 0.25) is 5.91 Å². The summed E-state index contributed by atoms with van der Waals surface area (Å²) in [5.41, 5.74) is 0. The van der Waals surface area contributed by atoms with Crippen LogP contribution >= 0.6 is 0 Å². The van der Waals surface area contributed by atoms with Crippen molar-refractivity contribution in [3.8, 4) is 0 Å². The van der Waals surface area contributed by atoms with E-state index in [1.165, 1.54) is 6.92 Å². The van der Waals surface area contributed by atoms with Crippen LogP contribution in [0.1, 0.15) is 6.92 Å². The minimum Gasteiger partial charge on any atom is -0.394 e. The van der Waals surface area contributed by atoms with E-state index in [1.807, 2.05) is 0 Å². The number of rotatable bonds is 2. The van der Waals surface area contributed by atoms with Gasteiger partial charge < -0.3 is 30.5 Å². The first-order valence-electron chi connectivity index (χ1n) is 4.55. The Bertz CT molecular complexity index is 235. The molecule has 15 heavy (non-hydrogen) atoms. The highest BCUT2D eigenvalue weighted by Gasteiger charge is 2.43. The second-order valence-corrected chi connectivity index (χ2v) is 3.46. The van der Waals surface area contributed by atoms with Crippen LogP contribution in [0.25, 0.3) is 0 Å². The summed E-state index contributed by atoms with van der Waals surface area (Å²) in [6.45, 7) is 0.705. The van der Waals surface area contributed by atoms with E-state index in [0.717, 1.165) is 0 Å². The molecule has 0 unspecified atom stereocenters. The molecule has 5 atom stereocenters. The van der Waals surface area contributed by atoms with Crippen LogP contribution in [0, 0.1) is 0 Å². The number of amides is 1. The Morgan fingerprint density at radius 1 is 1.33 bits per heavy atom. The molecule has 0 bridgehead atoms. The van der Waals surface area contributed by atoms with Gasteiger partial charge in [0.05, 0.1) is 12.6 Å². The second kappa shape index (κ2) is 4.86. The lowest BCUT2D eigenvalue weighted by molar-refractivity contribution is -0.261. The molecule has 7 heteroatoms. The molecule has 0 spiro atoms. The van der Waals surface area contributed by atoms with Crippen LogP contribution in [0.5, 0.6) is 0 Å². The van der Waals surface area contributed by atoms with Gasteiger partial charge in [0.1, 0.15) is 18.3 Å². The van der Waals surface area contributed by atoms with E-state index >= 15 is 0 Å². The van der Waals surface area contributed by atoms with Crippen LogP contribution < -0.4 is 5.32 Å². The van der Waals surface area contributed by atoms with Crippen molar-refractivity contribution < 1.29 is 30.0 Å². The van der Waals surface area contributed by atoms with Crippen molar-refractivity contribution in [1.29, 1.82) is 0 Å². The molecule has 0 aromatic carbocycles. The zero-order valence-electron chi connectivity index (χ0n) is 8.20. The van der Waals surface area contributed by atoms with Crippen LogP contribution in [0.4, 0.5) is 0 Å². The Kier molecular flexibility index (Phi) is 4.00. The third kappa shape index (κ3) is 2.64. The predicted molar refractivity (Wildman–Crippen MR) is 47.6 cm³/mol. The van der Waals surface area contributed by atoms with E-state index in [2.05, 4.69) is 5.32 Å². The highest BCUT2D eigenvalue weighted by Crippen LogP contribution is 2.19. The fraction of sp³-hybridized carbons (Fsp3) is 0.875. The van der Waals surface area contributed by atoms with Gasteiger partial charge in [-0.3, -0.25) is 4.79 Å². The number of ether oxygens (including phenoxy) is 1. The molecule has 1 saturated heterocycles. The van der Waals surface area contributed by atoms with Gasteiger partial charge in [-0.2, -0.15) is 0 Å². The van der Waals surface area contributed by atoms with Gasteiger partial charge >= 0.3 is 0 Å². The van der Waals surface area contributed by atoms with Gasteiger partial charge in [-0.1, -0.05) is 0 Å². The Morgan fingerprint density at radius 3 is 2.40 bits per heavy atom. The van der Waals surface area contributed by atoms with Crippen molar-refractivity contribution in [3.63, 3.8) is 0 Å². The smallest absolute Gasteiger partial charge is 0.217 e. The van der Waals surface area contributed by atoms with Crippen molar-refractivity contribution in [2.24, 2.45) is 0 Å². The van der Waals surface area contributed by atoms with Gasteiger partial charge in [0.15, 0.2) is 6.29 Å². The molecule has 0 aromatic rings. The summed E-state index contributed by atoms with van der Waals surface area (Å²) in [6.07, 6.45) is -5.26. The number of carbonyl (C=O) groups excluding carboxylic acids is 1. The third-order valence-corrected chi connectivity index (χ3v) is 2.27. The lowest BCUT2D eigenvalue weighted by atomic mass is 9.96. The topological polar surface area (TPSA) is 119 Å². The fourth-order valence-electron chi connectivity index (χ4n) is 1.51. The molecular formula is C8H15NO6. The largest absolute Gasteiger partial charge is 0.394 e. The highest BCUT2D eigenvalue weighted by atomic mass is 16.6. The van der Waals surface area contributed by atoms with Gasteiger partial charge in [-0.15, -0.1) is 0 Å². The lowest BCUT2D eigenvalue weighted by Crippen LogP contribution is -2.64. The molecule has 1 heterocycles. The molecule has 1 amide bonds. The van der Waals surface area contributed by atoms with Crippen molar-refractivity contribution >= 4 is 5.91 Å². The molecular weight excluding hydrogens is 206 g/mol. The summed E-state index contributed by atoms with van der Waals surface area (Å²) in [7, 11) is 0. The molecule has 1 aliphatic heterocycles. The summed E-state index contributed by atoms with van der Waals surface area (Å²) in [6, 6.07) is -1.05. The van der Waals surface area contributed by atoms with Crippen molar-refractivity contribution in [3.05, 3.63) is 0 Å². The number of hydrogen-bond acceptors (Lipinski definition) is 6. The van der Waals surface area contributed by atoms with Crippen molar-refractivity contribution in [1.82, 2.24) is 5.32 Å². The minimum absolute atomic E-state index is 0.455. The number of nitrogens with one attached hydrogen (secondary N) is 1. The first-order chi connectivity index (χ1) is 6.97. The molecule has 0 saturated carbocycles. The maximum absolute atomic E-state index is 10.8. The van der Waals surface area contributed by atoms with E-state index in [-0.39, 0.29) is 0 Å². The van der Waals surface area contributed by atoms with E-state index in [4.69, 9.17) is 9.84 Å². The minimum atomic E-state index is -1.54. The number of aliphatic hydroxyl groups is 4. The summed E-state index contributed by atoms with van der Waals surface area (Å²) in [4.78, 5) is 10.8. The fourth-order valence-corrected chi connectivity index (χ4v) is 1.51.